The Kier molecular flexibility index (Phi) is 6.92. The van der Waals surface area contributed by atoms with Gasteiger partial charge >= 0.3 is 6.18 Å². The molecular weight excluding hydrogens is 447 g/mol. The van der Waals surface area contributed by atoms with E-state index in [1.807, 2.05) is 10.6 Å². The van der Waals surface area contributed by atoms with Gasteiger partial charge < -0.3 is 14.2 Å². The van der Waals surface area contributed by atoms with E-state index in [1.54, 1.807) is 18.3 Å². The van der Waals surface area contributed by atoms with Gasteiger partial charge in [-0.1, -0.05) is 31.2 Å². The summed E-state index contributed by atoms with van der Waals surface area (Å²) in [6.07, 6.45) is -1.25. The number of halogens is 4. The van der Waals surface area contributed by atoms with E-state index >= 15 is 0 Å². The van der Waals surface area contributed by atoms with E-state index in [0.29, 0.717) is 23.1 Å². The molecule has 0 spiro atoms. The van der Waals surface area contributed by atoms with E-state index in [1.165, 1.54) is 13.2 Å². The normalized spacial score (nSPS) is 12.5. The number of pyridine rings is 1. The lowest BCUT2D eigenvalue weighted by Gasteiger charge is -2.19. The first-order valence-electron chi connectivity index (χ1n) is 9.77. The molecule has 11 heteroatoms. The predicted octanol–water partition coefficient (Wildman–Crippen LogP) is 5.46. The molecule has 31 heavy (non-hydrogen) atoms. The fraction of sp³-hybridized carbons (Fsp3) is 0.450. The highest BCUT2D eigenvalue weighted by Crippen LogP contribution is 2.29. The molecule has 0 aliphatic carbocycles. The fourth-order valence-electron chi connectivity index (χ4n) is 3.03. The minimum absolute atomic E-state index is 0.0116. The molecule has 6 nitrogen and oxygen atoms in total. The maximum atomic E-state index is 12.8. The van der Waals surface area contributed by atoms with E-state index in [0.717, 1.165) is 21.8 Å². The maximum absolute atomic E-state index is 12.8. The van der Waals surface area contributed by atoms with Gasteiger partial charge in [0.15, 0.2) is 0 Å². The van der Waals surface area contributed by atoms with Crippen LogP contribution in [-0.4, -0.2) is 54.0 Å². The Bertz CT molecular complexity index is 1050. The van der Waals surface area contributed by atoms with E-state index < -0.39 is 20.8 Å². The molecule has 3 rings (SSSR count). The van der Waals surface area contributed by atoms with Crippen LogP contribution in [0.3, 0.4) is 0 Å². The predicted molar refractivity (Wildman–Crippen MR) is 119 cm³/mol. The second kappa shape index (κ2) is 9.13. The van der Waals surface area contributed by atoms with E-state index in [-0.39, 0.29) is 12.7 Å². The molecule has 0 N–H and O–H groups in total. The molecule has 0 unspecified atom stereocenters. The second-order valence-corrected chi connectivity index (χ2v) is 14.6. The zero-order chi connectivity index (χ0) is 22.8. The van der Waals surface area contributed by atoms with Gasteiger partial charge in [-0.15, -0.1) is 0 Å². The molecule has 0 atom stereocenters. The van der Waals surface area contributed by atoms with Gasteiger partial charge in [0.2, 0.25) is 5.95 Å². The summed E-state index contributed by atoms with van der Waals surface area (Å²) < 4.78 is 46.2. The van der Waals surface area contributed by atoms with Crippen molar-refractivity contribution in [3.05, 3.63) is 35.7 Å². The fourth-order valence-corrected chi connectivity index (χ4v) is 3.94. The highest BCUT2D eigenvalue weighted by Gasteiger charge is 2.30. The minimum Gasteiger partial charge on any atom is -0.361 e. The van der Waals surface area contributed by atoms with Gasteiger partial charge in [-0.25, -0.2) is 15.0 Å². The van der Waals surface area contributed by atoms with Gasteiger partial charge in [0.25, 0.3) is 0 Å². The van der Waals surface area contributed by atoms with Gasteiger partial charge in [-0.05, 0) is 24.2 Å². The van der Waals surface area contributed by atoms with Crippen molar-refractivity contribution in [3.63, 3.8) is 0 Å². The van der Waals surface area contributed by atoms with E-state index in [4.69, 9.17) is 16.3 Å². The molecular formula is C20H25ClF3N5OSi. The zero-order valence-corrected chi connectivity index (χ0v) is 19.6. The van der Waals surface area contributed by atoms with Crippen molar-refractivity contribution in [1.82, 2.24) is 19.5 Å². The van der Waals surface area contributed by atoms with Gasteiger partial charge in [0.1, 0.15) is 18.4 Å². The van der Waals surface area contributed by atoms with Crippen molar-refractivity contribution in [2.75, 3.05) is 25.1 Å². The first kappa shape index (κ1) is 23.5. The first-order chi connectivity index (χ1) is 14.4. The van der Waals surface area contributed by atoms with Crippen LogP contribution >= 0.6 is 11.6 Å². The number of nitrogens with zero attached hydrogens (tertiary/aromatic N) is 5. The Morgan fingerprint density at radius 2 is 1.94 bits per heavy atom. The summed E-state index contributed by atoms with van der Waals surface area (Å²) >= 11 is 6.10. The third-order valence-corrected chi connectivity index (χ3v) is 6.54. The number of anilines is 1. The summed E-state index contributed by atoms with van der Waals surface area (Å²) in [5.74, 6) is -0.0116. The molecule has 0 fully saturated rings. The number of fused-ring (bicyclic) bond motifs is 1. The molecule has 0 saturated heterocycles. The standard InChI is InChI=1S/C20H25ClF3N5OSi/c1-28(12-20(22,23)24)19-25-6-5-15(27-19)17-9-14-11-26-18(21)10-16(14)29(17)13-30-7-8-31(2,3)4/h5-6,9-11H,7-8,12-13H2,1-4H3. The molecule has 3 heterocycles. The lowest BCUT2D eigenvalue weighted by Crippen LogP contribution is -2.32. The number of ether oxygens (including phenoxy) is 1. The molecule has 0 saturated carbocycles. The quantitative estimate of drug-likeness (QED) is 0.248. The molecule has 0 aliphatic rings. The van der Waals surface area contributed by atoms with Crippen molar-refractivity contribution in [1.29, 1.82) is 0 Å². The highest BCUT2D eigenvalue weighted by atomic mass is 35.5. The van der Waals surface area contributed by atoms with Crippen molar-refractivity contribution in [3.8, 4) is 11.4 Å². The average molecular weight is 472 g/mol. The zero-order valence-electron chi connectivity index (χ0n) is 17.9. The Morgan fingerprint density at radius 3 is 2.61 bits per heavy atom. The summed E-state index contributed by atoms with van der Waals surface area (Å²) in [5.41, 5.74) is 1.99. The largest absolute Gasteiger partial charge is 0.406 e. The number of hydrogen-bond acceptors (Lipinski definition) is 5. The molecule has 0 aliphatic heterocycles. The Labute approximate surface area is 185 Å². The second-order valence-electron chi connectivity index (χ2n) is 8.58. The minimum atomic E-state index is -4.35. The van der Waals surface area contributed by atoms with E-state index in [2.05, 4.69) is 34.6 Å². The summed E-state index contributed by atoms with van der Waals surface area (Å²) in [6.45, 7) is 6.58. The van der Waals surface area contributed by atoms with Crippen LogP contribution < -0.4 is 4.90 Å². The molecule has 3 aromatic heterocycles. The van der Waals surface area contributed by atoms with Crippen LogP contribution in [0, 0.1) is 0 Å². The van der Waals surface area contributed by atoms with Crippen LogP contribution in [0.15, 0.2) is 30.6 Å². The topological polar surface area (TPSA) is 56.1 Å². The molecule has 0 aromatic carbocycles. The summed E-state index contributed by atoms with van der Waals surface area (Å²) in [4.78, 5) is 13.5. The molecule has 168 valence electrons. The van der Waals surface area contributed by atoms with Gasteiger partial charge in [-0.2, -0.15) is 13.2 Å². The summed E-state index contributed by atoms with van der Waals surface area (Å²) in [6, 6.07) is 6.28. The van der Waals surface area contributed by atoms with Crippen LogP contribution in [0.5, 0.6) is 0 Å². The maximum Gasteiger partial charge on any atom is 0.406 e. The lowest BCUT2D eigenvalue weighted by atomic mass is 10.2. The summed E-state index contributed by atoms with van der Waals surface area (Å²) in [7, 11) is 0.0682. The molecule has 3 aromatic rings. The Morgan fingerprint density at radius 1 is 1.19 bits per heavy atom. The lowest BCUT2D eigenvalue weighted by molar-refractivity contribution is -0.119. The van der Waals surface area contributed by atoms with Crippen LogP contribution in [-0.2, 0) is 11.5 Å². The Hall–Kier alpha value is -2.17. The van der Waals surface area contributed by atoms with Crippen LogP contribution in [0.1, 0.15) is 0 Å². The average Bonchev–Trinajstić information content (AvgIpc) is 3.01. The van der Waals surface area contributed by atoms with Gasteiger partial charge in [-0.3, -0.25) is 0 Å². The summed E-state index contributed by atoms with van der Waals surface area (Å²) in [5, 5.41) is 1.17. The number of alkyl halides is 3. The molecule has 0 radical (unpaired) electrons. The van der Waals surface area contributed by atoms with Crippen molar-refractivity contribution in [2.24, 2.45) is 0 Å². The van der Waals surface area contributed by atoms with Crippen molar-refractivity contribution in [2.45, 2.75) is 38.6 Å². The third kappa shape index (κ3) is 6.41. The number of aromatic nitrogens is 4. The van der Waals surface area contributed by atoms with Gasteiger partial charge in [0.05, 0.1) is 16.9 Å². The van der Waals surface area contributed by atoms with Crippen molar-refractivity contribution < 1.29 is 17.9 Å². The van der Waals surface area contributed by atoms with Crippen LogP contribution in [0.4, 0.5) is 19.1 Å². The third-order valence-electron chi connectivity index (χ3n) is 4.63. The monoisotopic (exact) mass is 471 g/mol. The van der Waals surface area contributed by atoms with Crippen LogP contribution in [0.2, 0.25) is 30.8 Å². The first-order valence-corrected chi connectivity index (χ1v) is 13.9. The SMILES string of the molecule is CN(CC(F)(F)F)c1nccc(-c2cc3cnc(Cl)cc3n2COCC[Si](C)(C)C)n1. The number of hydrogen-bond donors (Lipinski definition) is 0. The Balaban J connectivity index is 1.95. The van der Waals surface area contributed by atoms with Crippen molar-refractivity contribution >= 4 is 36.5 Å². The molecule has 0 amide bonds. The van der Waals surface area contributed by atoms with Gasteiger partial charge in [0, 0.05) is 39.5 Å². The smallest absolute Gasteiger partial charge is 0.361 e. The van der Waals surface area contributed by atoms with E-state index in [9.17, 15) is 13.2 Å². The number of rotatable bonds is 8. The van der Waals surface area contributed by atoms with Crippen LogP contribution in [0.25, 0.3) is 22.3 Å². The highest BCUT2D eigenvalue weighted by molar-refractivity contribution is 6.76. The molecule has 0 bridgehead atoms.